The van der Waals surface area contributed by atoms with E-state index in [0.29, 0.717) is 16.3 Å². The number of benzene rings is 2. The first-order chi connectivity index (χ1) is 10.0. The minimum Gasteiger partial charge on any atom is -0.489 e. The third-order valence-corrected chi connectivity index (χ3v) is 3.54. The van der Waals surface area contributed by atoms with Crippen LogP contribution < -0.4 is 4.74 Å². The Labute approximate surface area is 129 Å². The lowest BCUT2D eigenvalue weighted by Gasteiger charge is -2.09. The van der Waals surface area contributed by atoms with Crippen molar-refractivity contribution in [3.8, 4) is 5.75 Å². The Morgan fingerprint density at radius 2 is 1.90 bits per heavy atom. The standard InChI is InChI=1S/C17H18ClFO2/c1-12(20)2-3-13-4-7-16(8-5-13)21-11-14-10-15(19)6-9-17(14)18/h4-10,12,20H,2-3,11H2,1H3. The van der Waals surface area contributed by atoms with Gasteiger partial charge in [0.05, 0.1) is 6.10 Å². The topological polar surface area (TPSA) is 29.5 Å². The van der Waals surface area contributed by atoms with Crippen LogP contribution in [0.15, 0.2) is 42.5 Å². The van der Waals surface area contributed by atoms with Crippen LogP contribution in [-0.2, 0) is 13.0 Å². The first-order valence-electron chi connectivity index (χ1n) is 6.88. The van der Waals surface area contributed by atoms with Gasteiger partial charge in [0.2, 0.25) is 0 Å². The van der Waals surface area contributed by atoms with Gasteiger partial charge in [-0.25, -0.2) is 4.39 Å². The summed E-state index contributed by atoms with van der Waals surface area (Å²) < 4.78 is 18.7. The Morgan fingerprint density at radius 1 is 1.19 bits per heavy atom. The summed E-state index contributed by atoms with van der Waals surface area (Å²) in [6.07, 6.45) is 1.27. The summed E-state index contributed by atoms with van der Waals surface area (Å²) in [5, 5.41) is 9.75. The molecule has 0 spiro atoms. The summed E-state index contributed by atoms with van der Waals surface area (Å²) in [7, 11) is 0. The second-order valence-corrected chi connectivity index (χ2v) is 5.46. The number of halogens is 2. The van der Waals surface area contributed by atoms with Gasteiger partial charge in [0, 0.05) is 10.6 Å². The minimum atomic E-state index is -0.327. The van der Waals surface area contributed by atoms with Crippen LogP contribution in [0.4, 0.5) is 4.39 Å². The molecule has 0 bridgehead atoms. The molecule has 0 amide bonds. The van der Waals surface area contributed by atoms with Crippen LogP contribution in [0.1, 0.15) is 24.5 Å². The van der Waals surface area contributed by atoms with E-state index >= 15 is 0 Å². The van der Waals surface area contributed by atoms with Gasteiger partial charge in [-0.2, -0.15) is 0 Å². The number of hydrogen-bond acceptors (Lipinski definition) is 2. The monoisotopic (exact) mass is 308 g/mol. The zero-order valence-corrected chi connectivity index (χ0v) is 12.6. The molecule has 0 saturated carbocycles. The molecule has 0 aliphatic carbocycles. The van der Waals surface area contributed by atoms with Gasteiger partial charge >= 0.3 is 0 Å². The highest BCUT2D eigenvalue weighted by Crippen LogP contribution is 2.20. The van der Waals surface area contributed by atoms with Crippen molar-refractivity contribution in [1.29, 1.82) is 0 Å². The van der Waals surface area contributed by atoms with Crippen molar-refractivity contribution < 1.29 is 14.2 Å². The molecule has 0 heterocycles. The van der Waals surface area contributed by atoms with Crippen LogP contribution in [0.2, 0.25) is 5.02 Å². The van der Waals surface area contributed by atoms with E-state index in [1.807, 2.05) is 24.3 Å². The van der Waals surface area contributed by atoms with Gasteiger partial charge in [-0.15, -0.1) is 0 Å². The molecule has 0 radical (unpaired) electrons. The van der Waals surface area contributed by atoms with Crippen molar-refractivity contribution >= 4 is 11.6 Å². The summed E-state index contributed by atoms with van der Waals surface area (Å²) >= 11 is 5.99. The van der Waals surface area contributed by atoms with Gasteiger partial charge in [-0.1, -0.05) is 23.7 Å². The van der Waals surface area contributed by atoms with Crippen LogP contribution in [0.5, 0.6) is 5.75 Å². The SMILES string of the molecule is CC(O)CCc1ccc(OCc2cc(F)ccc2Cl)cc1. The van der Waals surface area contributed by atoms with Crippen molar-refractivity contribution in [2.45, 2.75) is 32.5 Å². The third-order valence-electron chi connectivity index (χ3n) is 3.18. The normalized spacial score (nSPS) is 12.2. The third kappa shape index (κ3) is 5.03. The number of aryl methyl sites for hydroxylation is 1. The summed E-state index contributed by atoms with van der Waals surface area (Å²) in [6.45, 7) is 2.00. The van der Waals surface area contributed by atoms with E-state index in [1.165, 1.54) is 18.2 Å². The second kappa shape index (κ2) is 7.43. The molecule has 1 atom stereocenters. The van der Waals surface area contributed by atoms with Crippen molar-refractivity contribution in [1.82, 2.24) is 0 Å². The van der Waals surface area contributed by atoms with Crippen LogP contribution >= 0.6 is 11.6 Å². The largest absolute Gasteiger partial charge is 0.489 e. The summed E-state index contributed by atoms with van der Waals surface area (Å²) in [4.78, 5) is 0. The maximum atomic E-state index is 13.1. The molecule has 2 aromatic rings. The smallest absolute Gasteiger partial charge is 0.123 e. The highest BCUT2D eigenvalue weighted by molar-refractivity contribution is 6.31. The quantitative estimate of drug-likeness (QED) is 0.858. The lowest BCUT2D eigenvalue weighted by Crippen LogP contribution is -2.01. The molecule has 112 valence electrons. The fourth-order valence-electron chi connectivity index (χ4n) is 1.94. The molecule has 0 fully saturated rings. The molecular weight excluding hydrogens is 291 g/mol. The number of ether oxygens (including phenoxy) is 1. The Kier molecular flexibility index (Phi) is 5.59. The second-order valence-electron chi connectivity index (χ2n) is 5.06. The van der Waals surface area contributed by atoms with Gasteiger partial charge in [0.1, 0.15) is 18.2 Å². The molecule has 4 heteroatoms. The van der Waals surface area contributed by atoms with Crippen molar-refractivity contribution in [3.63, 3.8) is 0 Å². The number of aliphatic hydroxyl groups is 1. The van der Waals surface area contributed by atoms with Gasteiger partial charge in [-0.05, 0) is 55.7 Å². The van der Waals surface area contributed by atoms with Gasteiger partial charge in [-0.3, -0.25) is 0 Å². The van der Waals surface area contributed by atoms with Crippen LogP contribution in [0.3, 0.4) is 0 Å². The first kappa shape index (κ1) is 15.8. The van der Waals surface area contributed by atoms with E-state index in [0.717, 1.165) is 18.4 Å². The molecule has 21 heavy (non-hydrogen) atoms. The average Bonchev–Trinajstić information content (AvgIpc) is 2.47. The maximum Gasteiger partial charge on any atom is 0.123 e. The zero-order chi connectivity index (χ0) is 15.2. The van der Waals surface area contributed by atoms with Gasteiger partial charge in [0.15, 0.2) is 0 Å². The predicted octanol–water partition coefficient (Wildman–Crippen LogP) is 4.37. The average molecular weight is 309 g/mol. The Morgan fingerprint density at radius 3 is 2.57 bits per heavy atom. The first-order valence-corrected chi connectivity index (χ1v) is 7.26. The van der Waals surface area contributed by atoms with Crippen LogP contribution in [0.25, 0.3) is 0 Å². The van der Waals surface area contributed by atoms with Gasteiger partial charge in [0.25, 0.3) is 0 Å². The van der Waals surface area contributed by atoms with E-state index in [1.54, 1.807) is 6.92 Å². The van der Waals surface area contributed by atoms with Crippen molar-refractivity contribution in [3.05, 3.63) is 64.4 Å². The number of rotatable bonds is 6. The van der Waals surface area contributed by atoms with Crippen molar-refractivity contribution in [2.24, 2.45) is 0 Å². The van der Waals surface area contributed by atoms with Crippen molar-refractivity contribution in [2.75, 3.05) is 0 Å². The fourth-order valence-corrected chi connectivity index (χ4v) is 2.12. The molecule has 0 aliphatic heterocycles. The lowest BCUT2D eigenvalue weighted by atomic mass is 10.1. The molecule has 0 aliphatic rings. The van der Waals surface area contributed by atoms with Crippen LogP contribution in [-0.4, -0.2) is 11.2 Å². The van der Waals surface area contributed by atoms with E-state index in [-0.39, 0.29) is 18.5 Å². The molecule has 2 aromatic carbocycles. The number of aliphatic hydroxyl groups excluding tert-OH is 1. The van der Waals surface area contributed by atoms with E-state index in [4.69, 9.17) is 16.3 Å². The predicted molar refractivity (Wildman–Crippen MR) is 82.2 cm³/mol. The molecule has 0 aromatic heterocycles. The summed E-state index contributed by atoms with van der Waals surface area (Å²) in [5.41, 5.74) is 1.77. The Bertz CT molecular complexity index is 582. The van der Waals surface area contributed by atoms with E-state index in [9.17, 15) is 9.50 Å². The molecule has 2 nitrogen and oxygen atoms in total. The Balaban J connectivity index is 1.93. The summed E-state index contributed by atoms with van der Waals surface area (Å²) in [5.74, 6) is 0.377. The number of hydrogen-bond donors (Lipinski definition) is 1. The zero-order valence-electron chi connectivity index (χ0n) is 11.9. The van der Waals surface area contributed by atoms with E-state index < -0.39 is 0 Å². The lowest BCUT2D eigenvalue weighted by molar-refractivity contribution is 0.185. The van der Waals surface area contributed by atoms with Crippen LogP contribution in [0, 0.1) is 5.82 Å². The summed E-state index contributed by atoms with van der Waals surface area (Å²) in [6, 6.07) is 11.9. The highest BCUT2D eigenvalue weighted by Gasteiger charge is 2.04. The van der Waals surface area contributed by atoms with E-state index in [2.05, 4.69) is 0 Å². The molecule has 0 saturated heterocycles. The van der Waals surface area contributed by atoms with Gasteiger partial charge < -0.3 is 9.84 Å². The molecular formula is C17H18ClFO2. The highest BCUT2D eigenvalue weighted by atomic mass is 35.5. The Hall–Kier alpha value is -1.58. The maximum absolute atomic E-state index is 13.1. The molecule has 1 N–H and O–H groups in total. The molecule has 1 unspecified atom stereocenters. The fraction of sp³-hybridized carbons (Fsp3) is 0.294. The molecule has 2 rings (SSSR count). The minimum absolute atomic E-state index is 0.226.